The monoisotopic (exact) mass is 499 g/mol. The zero-order valence-corrected chi connectivity index (χ0v) is 21.6. The van der Waals surface area contributed by atoms with E-state index in [-0.39, 0.29) is 5.91 Å². The second-order valence-electron chi connectivity index (χ2n) is 9.65. The van der Waals surface area contributed by atoms with Gasteiger partial charge in [0.1, 0.15) is 24.2 Å². The van der Waals surface area contributed by atoms with E-state index >= 15 is 0 Å². The third-order valence-corrected chi connectivity index (χ3v) is 6.56. The van der Waals surface area contributed by atoms with Gasteiger partial charge in [-0.3, -0.25) is 15.2 Å². The van der Waals surface area contributed by atoms with Crippen LogP contribution in [-0.4, -0.2) is 52.3 Å². The minimum atomic E-state index is -1.06. The van der Waals surface area contributed by atoms with E-state index in [9.17, 15) is 9.90 Å². The molecule has 3 aromatic rings. The van der Waals surface area contributed by atoms with Crippen molar-refractivity contribution in [2.75, 3.05) is 19.6 Å². The van der Waals surface area contributed by atoms with Crippen molar-refractivity contribution >= 4 is 17.2 Å². The smallest absolute Gasteiger partial charge is 0.251 e. The minimum absolute atomic E-state index is 0.300. The Bertz CT molecular complexity index is 1250. The average Bonchev–Trinajstić information content (AvgIpc) is 2.93. The lowest BCUT2D eigenvalue weighted by Gasteiger charge is -2.29. The SMILES string of the molecule is CC(O)C(=O)N1CC[NH2+]C(=C(C(=N)c2ccncc2)c2ccc(OCc3ccc(C(C)C)cc3)cc2)C1. The van der Waals surface area contributed by atoms with Crippen molar-refractivity contribution in [1.29, 1.82) is 5.41 Å². The number of benzene rings is 2. The zero-order valence-electron chi connectivity index (χ0n) is 21.6. The lowest BCUT2D eigenvalue weighted by molar-refractivity contribution is -0.614. The first-order chi connectivity index (χ1) is 17.8. The summed E-state index contributed by atoms with van der Waals surface area (Å²) in [6.07, 6.45) is 2.29. The number of pyridine rings is 1. The molecule has 1 aliphatic heterocycles. The van der Waals surface area contributed by atoms with Crippen LogP contribution in [0.15, 0.2) is 78.8 Å². The van der Waals surface area contributed by atoms with Gasteiger partial charge in [-0.25, -0.2) is 0 Å². The molecule has 37 heavy (non-hydrogen) atoms. The number of piperazine rings is 1. The first kappa shape index (κ1) is 26.3. The number of hydrogen-bond acceptors (Lipinski definition) is 5. The van der Waals surface area contributed by atoms with Gasteiger partial charge in [0.2, 0.25) is 0 Å². The normalized spacial score (nSPS) is 15.9. The van der Waals surface area contributed by atoms with Crippen LogP contribution in [0.1, 0.15) is 48.9 Å². The van der Waals surface area contributed by atoms with E-state index < -0.39 is 6.10 Å². The summed E-state index contributed by atoms with van der Waals surface area (Å²) < 4.78 is 6.03. The molecule has 0 spiro atoms. The Hall–Kier alpha value is -3.81. The molecule has 1 fully saturated rings. The molecule has 0 bridgehead atoms. The zero-order chi connectivity index (χ0) is 26.4. The molecule has 2 aromatic carbocycles. The number of quaternary nitrogens is 1. The molecule has 1 aliphatic rings. The van der Waals surface area contributed by atoms with Gasteiger partial charge >= 0.3 is 0 Å². The fourth-order valence-electron chi connectivity index (χ4n) is 4.41. The second-order valence-corrected chi connectivity index (χ2v) is 9.65. The Morgan fingerprint density at radius 2 is 1.70 bits per heavy atom. The van der Waals surface area contributed by atoms with Crippen molar-refractivity contribution in [2.24, 2.45) is 0 Å². The lowest BCUT2D eigenvalue weighted by atomic mass is 9.93. The molecule has 7 heteroatoms. The van der Waals surface area contributed by atoms with Crippen molar-refractivity contribution < 1.29 is 20.0 Å². The Morgan fingerprint density at radius 1 is 1.03 bits per heavy atom. The predicted molar refractivity (Wildman–Crippen MR) is 144 cm³/mol. The summed E-state index contributed by atoms with van der Waals surface area (Å²) in [6.45, 7) is 7.88. The van der Waals surface area contributed by atoms with E-state index in [1.807, 2.05) is 36.4 Å². The Morgan fingerprint density at radius 3 is 2.32 bits per heavy atom. The number of nitrogens with zero attached hydrogens (tertiary/aromatic N) is 2. The highest BCUT2D eigenvalue weighted by molar-refractivity contribution is 6.30. The molecular formula is C30H35N4O3+. The number of aromatic nitrogens is 1. The number of carbonyl (C=O) groups is 1. The number of ether oxygens (including phenoxy) is 1. The van der Waals surface area contributed by atoms with Gasteiger partial charge in [-0.05, 0) is 53.8 Å². The van der Waals surface area contributed by atoms with E-state index in [4.69, 9.17) is 10.1 Å². The molecule has 0 aliphatic carbocycles. The van der Waals surface area contributed by atoms with Gasteiger partial charge in [-0.1, -0.05) is 50.2 Å². The molecule has 4 N–H and O–H groups in total. The van der Waals surface area contributed by atoms with Crippen LogP contribution in [0.5, 0.6) is 5.75 Å². The van der Waals surface area contributed by atoms with Crippen LogP contribution < -0.4 is 10.1 Å². The van der Waals surface area contributed by atoms with Crippen molar-refractivity contribution in [3.05, 3.63) is 101 Å². The molecule has 4 rings (SSSR count). The van der Waals surface area contributed by atoms with Crippen molar-refractivity contribution in [2.45, 2.75) is 39.4 Å². The fraction of sp³-hybridized carbons (Fsp3) is 0.300. The van der Waals surface area contributed by atoms with Crippen molar-refractivity contribution in [1.82, 2.24) is 9.88 Å². The maximum absolute atomic E-state index is 12.5. The lowest BCUT2D eigenvalue weighted by Crippen LogP contribution is -2.88. The average molecular weight is 500 g/mol. The van der Waals surface area contributed by atoms with Gasteiger partial charge in [-0.2, -0.15) is 0 Å². The third kappa shape index (κ3) is 6.50. The molecule has 0 radical (unpaired) electrons. The number of allylic oxidation sites excluding steroid dienone is 1. The molecule has 7 nitrogen and oxygen atoms in total. The highest BCUT2D eigenvalue weighted by Crippen LogP contribution is 2.25. The maximum atomic E-state index is 12.5. The standard InChI is InChI=1S/C30H34N4O3/c1-20(2)23-6-4-22(5-7-23)19-37-26-10-8-24(9-11-26)28(29(31)25-12-14-32-15-13-25)27-18-34(17-16-33-27)30(36)21(3)35/h4-15,20-21,31,33,35H,16-19H2,1-3H3/p+1. The molecular weight excluding hydrogens is 464 g/mol. The highest BCUT2D eigenvalue weighted by Gasteiger charge is 2.29. The van der Waals surface area contributed by atoms with Crippen LogP contribution in [0.25, 0.3) is 5.57 Å². The molecule has 1 unspecified atom stereocenters. The van der Waals surface area contributed by atoms with Gasteiger partial charge in [0.25, 0.3) is 5.91 Å². The summed E-state index contributed by atoms with van der Waals surface area (Å²) in [6, 6.07) is 19.8. The van der Waals surface area contributed by atoms with Gasteiger partial charge in [0, 0.05) is 18.0 Å². The van der Waals surface area contributed by atoms with Crippen molar-refractivity contribution in [3.63, 3.8) is 0 Å². The molecule has 1 aromatic heterocycles. The van der Waals surface area contributed by atoms with Gasteiger partial charge < -0.3 is 20.1 Å². The van der Waals surface area contributed by atoms with E-state index in [2.05, 4.69) is 48.4 Å². The van der Waals surface area contributed by atoms with E-state index in [1.165, 1.54) is 12.5 Å². The van der Waals surface area contributed by atoms with Gasteiger partial charge in [0.15, 0.2) is 0 Å². The second kappa shape index (κ2) is 12.0. The summed E-state index contributed by atoms with van der Waals surface area (Å²) in [7, 11) is 0. The molecule has 192 valence electrons. The van der Waals surface area contributed by atoms with Crippen LogP contribution in [0, 0.1) is 5.41 Å². The van der Waals surface area contributed by atoms with Crippen LogP contribution in [-0.2, 0) is 11.4 Å². The maximum Gasteiger partial charge on any atom is 0.251 e. The predicted octanol–water partition coefficient (Wildman–Crippen LogP) is 3.35. The number of carbonyl (C=O) groups excluding carboxylic acids is 1. The number of hydrogen-bond donors (Lipinski definition) is 3. The largest absolute Gasteiger partial charge is 0.489 e. The summed E-state index contributed by atoms with van der Waals surface area (Å²) in [5.74, 6) is 0.941. The number of nitrogens with two attached hydrogens (primary N) is 1. The third-order valence-electron chi connectivity index (χ3n) is 6.56. The topological polar surface area (TPSA) is 103 Å². The number of aliphatic hydroxyl groups excluding tert-OH is 1. The first-order valence-electron chi connectivity index (χ1n) is 12.7. The molecule has 0 saturated carbocycles. The molecule has 1 saturated heterocycles. The van der Waals surface area contributed by atoms with Crippen LogP contribution in [0.3, 0.4) is 0 Å². The van der Waals surface area contributed by atoms with Crippen LogP contribution in [0.4, 0.5) is 0 Å². The van der Waals surface area contributed by atoms with Crippen LogP contribution in [0.2, 0.25) is 0 Å². The Balaban J connectivity index is 1.58. The fourth-order valence-corrected chi connectivity index (χ4v) is 4.41. The Kier molecular flexibility index (Phi) is 8.48. The van der Waals surface area contributed by atoms with Crippen LogP contribution >= 0.6 is 0 Å². The quantitative estimate of drug-likeness (QED) is 0.414. The Labute approximate surface area is 218 Å². The summed E-state index contributed by atoms with van der Waals surface area (Å²) in [5.41, 5.74) is 6.03. The molecule has 1 amide bonds. The van der Waals surface area contributed by atoms with E-state index in [0.29, 0.717) is 37.9 Å². The number of amides is 1. The van der Waals surface area contributed by atoms with Gasteiger partial charge in [0.05, 0.1) is 30.9 Å². The van der Waals surface area contributed by atoms with Gasteiger partial charge in [-0.15, -0.1) is 0 Å². The van der Waals surface area contributed by atoms with E-state index in [1.54, 1.807) is 17.3 Å². The summed E-state index contributed by atoms with van der Waals surface area (Å²) >= 11 is 0. The number of rotatable bonds is 8. The highest BCUT2D eigenvalue weighted by atomic mass is 16.5. The van der Waals surface area contributed by atoms with E-state index in [0.717, 1.165) is 33.7 Å². The minimum Gasteiger partial charge on any atom is -0.489 e. The number of aliphatic hydroxyl groups is 1. The first-order valence-corrected chi connectivity index (χ1v) is 12.7. The molecule has 2 heterocycles. The van der Waals surface area contributed by atoms with Crippen molar-refractivity contribution in [3.8, 4) is 5.75 Å². The molecule has 1 atom stereocenters. The summed E-state index contributed by atoms with van der Waals surface area (Å²) in [5, 5.41) is 20.9. The number of nitrogens with one attached hydrogen (secondary N) is 1. The summed E-state index contributed by atoms with van der Waals surface area (Å²) in [4.78, 5) is 18.2.